The Kier molecular flexibility index (Phi) is 17.5. The van der Waals surface area contributed by atoms with Crippen LogP contribution in [0.5, 0.6) is 0 Å². The zero-order valence-corrected chi connectivity index (χ0v) is 11.2. The number of nitrogens with two attached hydrogens (primary N) is 2. The summed E-state index contributed by atoms with van der Waals surface area (Å²) in [4.78, 5) is 19.0. The summed E-state index contributed by atoms with van der Waals surface area (Å²) in [5.74, 6) is -3.69. The van der Waals surface area contributed by atoms with E-state index in [2.05, 4.69) is 0 Å². The van der Waals surface area contributed by atoms with Gasteiger partial charge in [0.15, 0.2) is 0 Å². The minimum absolute atomic E-state index is 0.125. The Morgan fingerprint density at radius 2 is 1.43 bits per heavy atom. The maximum atomic E-state index is 10.6. The number of unbranched alkanes of at least 4 members (excludes halogenated alkanes) is 1. The first-order chi connectivity index (χ1) is 9.54. The monoisotopic (exact) mass is 322 g/mol. The molecular formula is C10H21F3N2O6. The van der Waals surface area contributed by atoms with Gasteiger partial charge in [-0.2, -0.15) is 13.2 Å². The molecule has 0 aromatic rings. The fourth-order valence-corrected chi connectivity index (χ4v) is 0.632. The average Bonchev–Trinajstić information content (AvgIpc) is 2.38. The second kappa shape index (κ2) is 15.0. The fraction of sp³-hybridized carbons (Fsp3) is 0.800. The summed E-state index contributed by atoms with van der Waals surface area (Å²) in [6, 6.07) is -0.716. The maximum Gasteiger partial charge on any atom is 0.490 e. The van der Waals surface area contributed by atoms with Crippen LogP contribution in [0.3, 0.4) is 0 Å². The van der Waals surface area contributed by atoms with Crippen molar-refractivity contribution in [1.82, 2.24) is 0 Å². The molecule has 128 valence electrons. The lowest BCUT2D eigenvalue weighted by molar-refractivity contribution is -0.192. The number of carboxylic acids is 2. The zero-order chi connectivity index (χ0) is 17.5. The number of aliphatic carboxylic acids is 2. The molecule has 0 aliphatic carbocycles. The van der Waals surface area contributed by atoms with Gasteiger partial charge in [0.1, 0.15) is 6.04 Å². The van der Waals surface area contributed by atoms with E-state index in [4.69, 9.17) is 36.7 Å². The van der Waals surface area contributed by atoms with Crippen molar-refractivity contribution >= 4 is 11.9 Å². The molecule has 0 aromatic carbocycles. The lowest BCUT2D eigenvalue weighted by atomic mass is 10.1. The molecule has 8 nitrogen and oxygen atoms in total. The first kappa shape index (κ1) is 24.6. The van der Waals surface area contributed by atoms with Gasteiger partial charge in [0.2, 0.25) is 0 Å². The quantitative estimate of drug-likeness (QED) is 0.343. The minimum Gasteiger partial charge on any atom is -0.480 e. The van der Waals surface area contributed by atoms with Crippen LogP contribution in [-0.2, 0) is 9.59 Å². The number of halogens is 3. The summed E-state index contributed by atoms with van der Waals surface area (Å²) >= 11 is 0. The van der Waals surface area contributed by atoms with Gasteiger partial charge < -0.3 is 31.9 Å². The van der Waals surface area contributed by atoms with Crippen LogP contribution in [0.1, 0.15) is 19.3 Å². The van der Waals surface area contributed by atoms with E-state index in [1.807, 2.05) is 0 Å². The molecule has 1 atom stereocenters. The summed E-state index contributed by atoms with van der Waals surface area (Å²) < 4.78 is 31.7. The smallest absolute Gasteiger partial charge is 0.480 e. The molecule has 0 aliphatic heterocycles. The fourth-order valence-electron chi connectivity index (χ4n) is 0.632. The largest absolute Gasteiger partial charge is 0.490 e. The first-order valence-corrected chi connectivity index (χ1v) is 5.74. The number of hydrogen-bond donors (Lipinski definition) is 6. The van der Waals surface area contributed by atoms with Crippen molar-refractivity contribution in [3.05, 3.63) is 0 Å². The second-order valence-corrected chi connectivity index (χ2v) is 3.48. The molecular weight excluding hydrogens is 301 g/mol. The number of aliphatic hydroxyl groups excluding tert-OH is 2. The molecule has 0 rings (SSSR count). The van der Waals surface area contributed by atoms with E-state index in [0.29, 0.717) is 13.0 Å². The molecule has 0 saturated carbocycles. The molecule has 11 heteroatoms. The highest BCUT2D eigenvalue weighted by Crippen LogP contribution is 2.13. The van der Waals surface area contributed by atoms with Gasteiger partial charge in [-0.15, -0.1) is 0 Å². The van der Waals surface area contributed by atoms with Crippen LogP contribution in [-0.4, -0.2) is 64.3 Å². The SMILES string of the molecule is NCCCCC(N)C(=O)O.O=C(O)C(F)(F)F.OCCO. The van der Waals surface area contributed by atoms with Crippen LogP contribution in [0.15, 0.2) is 0 Å². The van der Waals surface area contributed by atoms with E-state index in [1.54, 1.807) is 0 Å². The lowest BCUT2D eigenvalue weighted by Gasteiger charge is -2.03. The average molecular weight is 322 g/mol. The van der Waals surface area contributed by atoms with Gasteiger partial charge >= 0.3 is 18.1 Å². The number of aliphatic hydroxyl groups is 2. The van der Waals surface area contributed by atoms with Crippen LogP contribution in [0, 0.1) is 0 Å². The summed E-state index contributed by atoms with van der Waals surface area (Å²) in [7, 11) is 0. The lowest BCUT2D eigenvalue weighted by Crippen LogP contribution is -2.29. The van der Waals surface area contributed by atoms with E-state index in [9.17, 15) is 18.0 Å². The normalized spacial score (nSPS) is 11.4. The molecule has 0 heterocycles. The van der Waals surface area contributed by atoms with Crippen molar-refractivity contribution in [3.8, 4) is 0 Å². The zero-order valence-electron chi connectivity index (χ0n) is 11.2. The maximum absolute atomic E-state index is 10.6. The van der Waals surface area contributed by atoms with Crippen molar-refractivity contribution in [3.63, 3.8) is 0 Å². The molecule has 21 heavy (non-hydrogen) atoms. The van der Waals surface area contributed by atoms with Crippen molar-refractivity contribution < 1.29 is 43.2 Å². The molecule has 0 aliphatic rings. The number of hydrogen-bond acceptors (Lipinski definition) is 6. The number of carboxylic acid groups (broad SMARTS) is 2. The van der Waals surface area contributed by atoms with E-state index in [-0.39, 0.29) is 13.2 Å². The Balaban J connectivity index is -0.000000256. The standard InChI is InChI=1S/C6H14N2O2.C2HF3O2.C2H6O2/c7-4-2-1-3-5(8)6(9)10;3-2(4,5)1(6)7;3-1-2-4/h5H,1-4,7-8H2,(H,9,10);(H,6,7);3-4H,1-2H2. The molecule has 0 aromatic heterocycles. The molecule has 0 spiro atoms. The van der Waals surface area contributed by atoms with Gasteiger partial charge in [0.25, 0.3) is 0 Å². The highest BCUT2D eigenvalue weighted by atomic mass is 19.4. The first-order valence-electron chi connectivity index (χ1n) is 5.74. The van der Waals surface area contributed by atoms with Crippen molar-refractivity contribution in [2.75, 3.05) is 19.8 Å². The Bertz CT molecular complexity index is 274. The van der Waals surface area contributed by atoms with Crippen LogP contribution in [0.25, 0.3) is 0 Å². The van der Waals surface area contributed by atoms with E-state index in [0.717, 1.165) is 12.8 Å². The van der Waals surface area contributed by atoms with E-state index >= 15 is 0 Å². The minimum atomic E-state index is -5.08. The highest BCUT2D eigenvalue weighted by molar-refractivity contribution is 5.73. The molecule has 0 bridgehead atoms. The van der Waals surface area contributed by atoms with Gasteiger partial charge in [0, 0.05) is 0 Å². The highest BCUT2D eigenvalue weighted by Gasteiger charge is 2.38. The third kappa shape index (κ3) is 24.0. The Morgan fingerprint density at radius 3 is 1.62 bits per heavy atom. The Labute approximate surface area is 119 Å². The van der Waals surface area contributed by atoms with Gasteiger partial charge in [0.05, 0.1) is 13.2 Å². The van der Waals surface area contributed by atoms with Gasteiger partial charge in [-0.1, -0.05) is 6.42 Å². The number of rotatable bonds is 6. The number of carbonyl (C=O) groups is 2. The predicted molar refractivity (Wildman–Crippen MR) is 66.4 cm³/mol. The molecule has 1 unspecified atom stereocenters. The molecule has 0 radical (unpaired) electrons. The van der Waals surface area contributed by atoms with Crippen molar-refractivity contribution in [1.29, 1.82) is 0 Å². The van der Waals surface area contributed by atoms with Crippen molar-refractivity contribution in [2.24, 2.45) is 11.5 Å². The van der Waals surface area contributed by atoms with Crippen LogP contribution in [0.2, 0.25) is 0 Å². The van der Waals surface area contributed by atoms with E-state index in [1.165, 1.54) is 0 Å². The van der Waals surface area contributed by atoms with Gasteiger partial charge in [-0.05, 0) is 19.4 Å². The van der Waals surface area contributed by atoms with Crippen LogP contribution >= 0.6 is 0 Å². The summed E-state index contributed by atoms with van der Waals surface area (Å²) in [6.45, 7) is 0.354. The van der Waals surface area contributed by atoms with E-state index < -0.39 is 24.2 Å². The molecule has 0 amide bonds. The third-order valence-electron chi connectivity index (χ3n) is 1.63. The molecule has 0 saturated heterocycles. The predicted octanol–water partition coefficient (Wildman–Crippen LogP) is -0.868. The van der Waals surface area contributed by atoms with Crippen molar-refractivity contribution in [2.45, 2.75) is 31.5 Å². The number of alkyl halides is 3. The van der Waals surface area contributed by atoms with Crippen LogP contribution in [0.4, 0.5) is 13.2 Å². The topological polar surface area (TPSA) is 167 Å². The summed E-state index contributed by atoms with van der Waals surface area (Å²) in [5.41, 5.74) is 10.4. The summed E-state index contributed by atoms with van der Waals surface area (Å²) in [5, 5.41) is 30.7. The third-order valence-corrected chi connectivity index (χ3v) is 1.63. The molecule has 8 N–H and O–H groups in total. The Hall–Kier alpha value is -1.43. The summed E-state index contributed by atoms with van der Waals surface area (Å²) in [6.07, 6.45) is -2.92. The molecule has 0 fully saturated rings. The van der Waals surface area contributed by atoms with Gasteiger partial charge in [-0.3, -0.25) is 4.79 Å². The van der Waals surface area contributed by atoms with Crippen LogP contribution < -0.4 is 11.5 Å². The second-order valence-electron chi connectivity index (χ2n) is 3.48. The van der Waals surface area contributed by atoms with Gasteiger partial charge in [-0.25, -0.2) is 4.79 Å². The Morgan fingerprint density at radius 1 is 1.05 bits per heavy atom.